The molecule has 1 unspecified atom stereocenters. The van der Waals surface area contributed by atoms with Crippen LogP contribution in [0.25, 0.3) is 0 Å². The number of rotatable bonds is 6. The molecule has 0 bridgehead atoms. The maximum Gasteiger partial charge on any atom is 0.131 e. The summed E-state index contributed by atoms with van der Waals surface area (Å²) in [5.41, 5.74) is 8.45. The van der Waals surface area contributed by atoms with Crippen LogP contribution in [0.5, 0.6) is 0 Å². The average Bonchev–Trinajstić information content (AvgIpc) is 2.91. The van der Waals surface area contributed by atoms with Crippen molar-refractivity contribution in [3.63, 3.8) is 0 Å². The van der Waals surface area contributed by atoms with Gasteiger partial charge in [0.25, 0.3) is 0 Å². The van der Waals surface area contributed by atoms with Crippen LogP contribution < -0.4 is 10.6 Å². The Hall–Kier alpha value is -1.39. The monoisotopic (exact) mass is 289 g/mol. The summed E-state index contributed by atoms with van der Waals surface area (Å²) in [5.74, 6) is 1.05. The van der Waals surface area contributed by atoms with Crippen molar-refractivity contribution in [1.82, 2.24) is 4.98 Å². The van der Waals surface area contributed by atoms with Crippen LogP contribution in [0, 0.1) is 6.92 Å². The van der Waals surface area contributed by atoms with E-state index in [1.165, 1.54) is 16.0 Å². The van der Waals surface area contributed by atoms with Gasteiger partial charge in [-0.1, -0.05) is 19.1 Å². The third-order valence-corrected chi connectivity index (χ3v) is 4.33. The highest BCUT2D eigenvalue weighted by atomic mass is 32.1. The van der Waals surface area contributed by atoms with Crippen LogP contribution in [0.4, 0.5) is 5.82 Å². The molecule has 0 aliphatic carbocycles. The molecule has 0 aromatic carbocycles. The van der Waals surface area contributed by atoms with Crippen LogP contribution >= 0.6 is 11.3 Å². The molecule has 0 fully saturated rings. The largest absolute Gasteiger partial charge is 0.354 e. The van der Waals surface area contributed by atoms with Gasteiger partial charge in [0.1, 0.15) is 5.82 Å². The third kappa shape index (κ3) is 3.81. The van der Waals surface area contributed by atoms with E-state index in [0.717, 1.165) is 25.2 Å². The van der Waals surface area contributed by atoms with E-state index in [2.05, 4.69) is 54.4 Å². The predicted molar refractivity (Wildman–Crippen MR) is 87.4 cm³/mol. The lowest BCUT2D eigenvalue weighted by Crippen LogP contribution is -2.22. The second-order valence-electron chi connectivity index (χ2n) is 5.29. The highest BCUT2D eigenvalue weighted by molar-refractivity contribution is 7.09. The third-order valence-electron chi connectivity index (χ3n) is 3.46. The molecule has 0 radical (unpaired) electrons. The van der Waals surface area contributed by atoms with E-state index in [1.807, 2.05) is 6.20 Å². The minimum atomic E-state index is 0.228. The minimum Gasteiger partial charge on any atom is -0.354 e. The fraction of sp³-hybridized carbons (Fsp3) is 0.438. The molecule has 0 saturated carbocycles. The zero-order valence-corrected chi connectivity index (χ0v) is 13.3. The highest BCUT2D eigenvalue weighted by Gasteiger charge is 2.09. The lowest BCUT2D eigenvalue weighted by molar-refractivity contribution is 0.644. The minimum absolute atomic E-state index is 0.228. The smallest absolute Gasteiger partial charge is 0.131 e. The van der Waals surface area contributed by atoms with Crippen molar-refractivity contribution in [1.29, 1.82) is 0 Å². The van der Waals surface area contributed by atoms with E-state index in [9.17, 15) is 0 Å². The molecule has 2 rings (SSSR count). The fourth-order valence-corrected chi connectivity index (χ4v) is 3.05. The average molecular weight is 289 g/mol. The predicted octanol–water partition coefficient (Wildman–Crippen LogP) is 3.37. The van der Waals surface area contributed by atoms with Gasteiger partial charge < -0.3 is 10.6 Å². The summed E-state index contributed by atoms with van der Waals surface area (Å²) in [7, 11) is 2.09. The molecule has 2 aromatic heterocycles. The summed E-state index contributed by atoms with van der Waals surface area (Å²) in [6.45, 7) is 5.14. The second-order valence-corrected chi connectivity index (χ2v) is 6.32. The van der Waals surface area contributed by atoms with Crippen LogP contribution in [0.15, 0.2) is 29.8 Å². The zero-order chi connectivity index (χ0) is 14.5. The first-order valence-corrected chi connectivity index (χ1v) is 7.92. The summed E-state index contributed by atoms with van der Waals surface area (Å²) < 4.78 is 0. The molecule has 0 saturated heterocycles. The van der Waals surface area contributed by atoms with Crippen molar-refractivity contribution >= 4 is 17.2 Å². The normalized spacial score (nSPS) is 12.4. The molecule has 0 aliphatic rings. The SMILES string of the molecule is CCC(N)Cc1cnc(N(C)Cc2cccs2)c(C)c1. The Morgan fingerprint density at radius 3 is 2.85 bits per heavy atom. The number of pyridine rings is 1. The highest BCUT2D eigenvalue weighted by Crippen LogP contribution is 2.21. The molecule has 2 N–H and O–H groups in total. The maximum atomic E-state index is 6.01. The summed E-state index contributed by atoms with van der Waals surface area (Å²) in [6, 6.07) is 6.68. The Kier molecular flexibility index (Phi) is 5.15. The first-order valence-electron chi connectivity index (χ1n) is 7.04. The van der Waals surface area contributed by atoms with Gasteiger partial charge in [0.15, 0.2) is 0 Å². The first kappa shape index (κ1) is 15.0. The van der Waals surface area contributed by atoms with Crippen LogP contribution in [-0.4, -0.2) is 18.1 Å². The number of hydrogen-bond acceptors (Lipinski definition) is 4. The molecular formula is C16H23N3S. The zero-order valence-electron chi connectivity index (χ0n) is 12.5. The molecule has 2 heterocycles. The Morgan fingerprint density at radius 1 is 1.45 bits per heavy atom. The lowest BCUT2D eigenvalue weighted by atomic mass is 10.0. The van der Waals surface area contributed by atoms with Gasteiger partial charge in [0.05, 0.1) is 6.54 Å². The van der Waals surface area contributed by atoms with Crippen LogP contribution in [0.1, 0.15) is 29.3 Å². The van der Waals surface area contributed by atoms with Gasteiger partial charge in [0, 0.05) is 24.2 Å². The number of thiophene rings is 1. The number of nitrogens with zero attached hydrogens (tertiary/aromatic N) is 2. The van der Waals surface area contributed by atoms with Crippen molar-refractivity contribution in [3.05, 3.63) is 45.8 Å². The summed E-state index contributed by atoms with van der Waals surface area (Å²) in [5, 5.41) is 2.11. The van der Waals surface area contributed by atoms with Crippen LogP contribution in [0.2, 0.25) is 0 Å². The number of aromatic nitrogens is 1. The van der Waals surface area contributed by atoms with Crippen molar-refractivity contribution < 1.29 is 0 Å². The molecule has 0 amide bonds. The molecule has 20 heavy (non-hydrogen) atoms. The molecule has 0 spiro atoms. The van der Waals surface area contributed by atoms with Gasteiger partial charge in [0.2, 0.25) is 0 Å². The Bertz CT molecular complexity index is 537. The topological polar surface area (TPSA) is 42.1 Å². The van der Waals surface area contributed by atoms with E-state index >= 15 is 0 Å². The van der Waals surface area contributed by atoms with Crippen LogP contribution in [-0.2, 0) is 13.0 Å². The lowest BCUT2D eigenvalue weighted by Gasteiger charge is -2.20. The van der Waals surface area contributed by atoms with Gasteiger partial charge in [-0.3, -0.25) is 0 Å². The fourth-order valence-electron chi connectivity index (χ4n) is 2.30. The molecule has 0 aliphatic heterocycles. The maximum absolute atomic E-state index is 6.01. The van der Waals surface area contributed by atoms with Crippen LogP contribution in [0.3, 0.4) is 0 Å². The van der Waals surface area contributed by atoms with E-state index in [-0.39, 0.29) is 6.04 Å². The van der Waals surface area contributed by atoms with E-state index in [4.69, 9.17) is 5.73 Å². The number of aryl methyl sites for hydroxylation is 1. The van der Waals surface area contributed by atoms with Gasteiger partial charge in [-0.2, -0.15) is 0 Å². The molecule has 1 atom stereocenters. The summed E-state index contributed by atoms with van der Waals surface area (Å²) in [4.78, 5) is 8.17. The first-order chi connectivity index (χ1) is 9.60. The molecule has 3 nitrogen and oxygen atoms in total. The van der Waals surface area contributed by atoms with E-state index < -0.39 is 0 Å². The summed E-state index contributed by atoms with van der Waals surface area (Å²) in [6.07, 6.45) is 3.86. The summed E-state index contributed by atoms with van der Waals surface area (Å²) >= 11 is 1.78. The molecular weight excluding hydrogens is 266 g/mol. The van der Waals surface area contributed by atoms with Gasteiger partial charge in [-0.15, -0.1) is 11.3 Å². The quantitative estimate of drug-likeness (QED) is 0.886. The Labute approximate surface area is 125 Å². The Morgan fingerprint density at radius 2 is 2.25 bits per heavy atom. The van der Waals surface area contributed by atoms with E-state index in [1.54, 1.807) is 11.3 Å². The second kappa shape index (κ2) is 6.86. The Balaban J connectivity index is 2.08. The van der Waals surface area contributed by atoms with Crippen molar-refractivity contribution in [2.45, 2.75) is 39.3 Å². The molecule has 108 valence electrons. The number of nitrogens with two attached hydrogens (primary N) is 1. The number of hydrogen-bond donors (Lipinski definition) is 1. The van der Waals surface area contributed by atoms with Gasteiger partial charge >= 0.3 is 0 Å². The van der Waals surface area contributed by atoms with Gasteiger partial charge in [-0.05, 0) is 42.3 Å². The van der Waals surface area contributed by atoms with Crippen molar-refractivity contribution in [2.24, 2.45) is 5.73 Å². The van der Waals surface area contributed by atoms with Gasteiger partial charge in [-0.25, -0.2) is 4.98 Å². The molecule has 4 heteroatoms. The molecule has 2 aromatic rings. The van der Waals surface area contributed by atoms with Crippen molar-refractivity contribution in [3.8, 4) is 0 Å². The number of anilines is 1. The standard InChI is InChI=1S/C16H23N3S/c1-4-14(17)9-13-8-12(2)16(18-10-13)19(3)11-15-6-5-7-20-15/h5-8,10,14H,4,9,11,17H2,1-3H3. The van der Waals surface area contributed by atoms with Crippen molar-refractivity contribution in [2.75, 3.05) is 11.9 Å². The van der Waals surface area contributed by atoms with E-state index in [0.29, 0.717) is 0 Å².